The Morgan fingerprint density at radius 3 is 2.63 bits per heavy atom. The van der Waals surface area contributed by atoms with Crippen LogP contribution < -0.4 is 5.32 Å². The molecule has 0 aromatic heterocycles. The standard InChI is InChI=1S/C21H31N3O2S/c1-21(2,3)16-6-8-18(9-7-16)27-15-20(26)23-11-4-5-17(14-23)24-12-10-22-13-19(24)25/h6-9,17,22H,4-5,10-15H2,1-3H3. The van der Waals surface area contributed by atoms with Gasteiger partial charge >= 0.3 is 0 Å². The Bertz CT molecular complexity index is 669. The highest BCUT2D eigenvalue weighted by Gasteiger charge is 2.31. The molecular weight excluding hydrogens is 358 g/mol. The van der Waals surface area contributed by atoms with Crippen molar-refractivity contribution in [2.24, 2.45) is 0 Å². The monoisotopic (exact) mass is 389 g/mol. The third kappa shape index (κ3) is 5.26. The second kappa shape index (κ2) is 8.65. The number of hydrogen-bond donors (Lipinski definition) is 1. The highest BCUT2D eigenvalue weighted by Crippen LogP contribution is 2.26. The first-order chi connectivity index (χ1) is 12.8. The Balaban J connectivity index is 1.52. The number of piperidine rings is 1. The number of nitrogens with zero attached hydrogens (tertiary/aromatic N) is 2. The van der Waals surface area contributed by atoms with E-state index in [1.165, 1.54) is 5.56 Å². The first kappa shape index (κ1) is 20.2. The number of likely N-dealkylation sites (tertiary alicyclic amines) is 1. The summed E-state index contributed by atoms with van der Waals surface area (Å²) < 4.78 is 0. The Morgan fingerprint density at radius 1 is 1.22 bits per heavy atom. The SMILES string of the molecule is CC(C)(C)c1ccc(SCC(=O)N2CCCC(N3CCNCC3=O)C2)cc1. The minimum atomic E-state index is 0.142. The quantitative estimate of drug-likeness (QED) is 0.804. The molecule has 2 fully saturated rings. The predicted molar refractivity (Wildman–Crippen MR) is 110 cm³/mol. The van der Waals surface area contributed by atoms with Gasteiger partial charge in [-0.25, -0.2) is 0 Å². The molecule has 0 bridgehead atoms. The fourth-order valence-electron chi connectivity index (χ4n) is 3.73. The van der Waals surface area contributed by atoms with Gasteiger partial charge in [-0.1, -0.05) is 32.9 Å². The van der Waals surface area contributed by atoms with Gasteiger partial charge in [0, 0.05) is 37.1 Å². The normalized spacial score (nSPS) is 21.4. The van der Waals surface area contributed by atoms with Crippen molar-refractivity contribution in [1.82, 2.24) is 15.1 Å². The molecule has 3 rings (SSSR count). The van der Waals surface area contributed by atoms with E-state index in [9.17, 15) is 9.59 Å². The van der Waals surface area contributed by atoms with Crippen molar-refractivity contribution in [1.29, 1.82) is 0 Å². The van der Waals surface area contributed by atoms with E-state index in [1.807, 2.05) is 9.80 Å². The summed E-state index contributed by atoms with van der Waals surface area (Å²) >= 11 is 1.60. The van der Waals surface area contributed by atoms with Crippen LogP contribution in [-0.4, -0.2) is 66.1 Å². The van der Waals surface area contributed by atoms with Gasteiger partial charge in [0.15, 0.2) is 0 Å². The molecule has 1 aromatic rings. The zero-order chi connectivity index (χ0) is 19.4. The summed E-state index contributed by atoms with van der Waals surface area (Å²) in [6.07, 6.45) is 1.97. The zero-order valence-electron chi connectivity index (χ0n) is 16.7. The molecule has 2 aliphatic heterocycles. The lowest BCUT2D eigenvalue weighted by Gasteiger charge is -2.41. The summed E-state index contributed by atoms with van der Waals surface area (Å²) in [6.45, 7) is 10.1. The fourth-order valence-corrected chi connectivity index (χ4v) is 4.53. The lowest BCUT2D eigenvalue weighted by Crippen LogP contribution is -2.57. The number of nitrogens with one attached hydrogen (secondary N) is 1. The van der Waals surface area contributed by atoms with Crippen LogP contribution in [0.25, 0.3) is 0 Å². The Kier molecular flexibility index (Phi) is 6.48. The predicted octanol–water partition coefficient (Wildman–Crippen LogP) is 2.50. The molecular formula is C21H31N3O2S. The maximum Gasteiger partial charge on any atom is 0.236 e. The molecule has 1 aromatic carbocycles. The lowest BCUT2D eigenvalue weighted by atomic mass is 9.87. The number of amides is 2. The summed E-state index contributed by atoms with van der Waals surface area (Å²) in [5.74, 6) is 0.790. The zero-order valence-corrected chi connectivity index (χ0v) is 17.5. The van der Waals surface area contributed by atoms with E-state index in [0.717, 1.165) is 37.4 Å². The van der Waals surface area contributed by atoms with Crippen LogP contribution in [-0.2, 0) is 15.0 Å². The summed E-state index contributed by atoms with van der Waals surface area (Å²) in [4.78, 5) is 29.9. The van der Waals surface area contributed by atoms with Crippen molar-refractivity contribution < 1.29 is 9.59 Å². The summed E-state index contributed by atoms with van der Waals surface area (Å²) in [7, 11) is 0. The molecule has 6 heteroatoms. The van der Waals surface area contributed by atoms with E-state index >= 15 is 0 Å². The number of rotatable bonds is 4. The van der Waals surface area contributed by atoms with Crippen LogP contribution in [0.3, 0.4) is 0 Å². The van der Waals surface area contributed by atoms with Gasteiger partial charge in [0.1, 0.15) is 0 Å². The summed E-state index contributed by atoms with van der Waals surface area (Å²) in [5, 5.41) is 3.11. The van der Waals surface area contributed by atoms with Gasteiger partial charge in [0.2, 0.25) is 11.8 Å². The first-order valence-corrected chi connectivity index (χ1v) is 10.8. The van der Waals surface area contributed by atoms with Gasteiger partial charge in [-0.15, -0.1) is 11.8 Å². The average molecular weight is 390 g/mol. The van der Waals surface area contributed by atoms with Gasteiger partial charge in [0.05, 0.1) is 12.3 Å². The number of hydrogen-bond acceptors (Lipinski definition) is 4. The molecule has 0 aliphatic carbocycles. The third-order valence-electron chi connectivity index (χ3n) is 5.40. The molecule has 2 saturated heterocycles. The smallest absolute Gasteiger partial charge is 0.236 e. The molecule has 0 radical (unpaired) electrons. The lowest BCUT2D eigenvalue weighted by molar-refractivity contribution is -0.139. The van der Waals surface area contributed by atoms with E-state index in [2.05, 4.69) is 50.4 Å². The van der Waals surface area contributed by atoms with Crippen LogP contribution in [0.2, 0.25) is 0 Å². The van der Waals surface area contributed by atoms with Crippen molar-refractivity contribution >= 4 is 23.6 Å². The highest BCUT2D eigenvalue weighted by molar-refractivity contribution is 8.00. The van der Waals surface area contributed by atoms with Crippen molar-refractivity contribution in [2.75, 3.05) is 38.5 Å². The number of piperazine rings is 1. The van der Waals surface area contributed by atoms with Crippen LogP contribution >= 0.6 is 11.8 Å². The maximum absolute atomic E-state index is 12.7. The van der Waals surface area contributed by atoms with Crippen LogP contribution in [0.5, 0.6) is 0 Å². The molecule has 1 atom stereocenters. The molecule has 1 unspecified atom stereocenters. The molecule has 0 saturated carbocycles. The highest BCUT2D eigenvalue weighted by atomic mass is 32.2. The summed E-state index contributed by atoms with van der Waals surface area (Å²) in [5.41, 5.74) is 1.45. The number of carbonyl (C=O) groups is 2. The van der Waals surface area contributed by atoms with Crippen LogP contribution in [0.4, 0.5) is 0 Å². The van der Waals surface area contributed by atoms with Crippen molar-refractivity contribution in [3.8, 4) is 0 Å². The van der Waals surface area contributed by atoms with Crippen LogP contribution in [0.1, 0.15) is 39.2 Å². The minimum Gasteiger partial charge on any atom is -0.340 e. The van der Waals surface area contributed by atoms with E-state index in [4.69, 9.17) is 0 Å². The van der Waals surface area contributed by atoms with E-state index in [1.54, 1.807) is 11.8 Å². The number of carbonyl (C=O) groups excluding carboxylic acids is 2. The molecule has 0 spiro atoms. The van der Waals surface area contributed by atoms with Crippen molar-refractivity contribution in [3.63, 3.8) is 0 Å². The Labute approximate surface area is 166 Å². The maximum atomic E-state index is 12.7. The first-order valence-electron chi connectivity index (χ1n) is 9.86. The van der Waals surface area contributed by atoms with Crippen molar-refractivity contribution in [3.05, 3.63) is 29.8 Å². The van der Waals surface area contributed by atoms with E-state index < -0.39 is 0 Å². The molecule has 2 heterocycles. The Morgan fingerprint density at radius 2 is 1.96 bits per heavy atom. The van der Waals surface area contributed by atoms with Gasteiger partial charge in [-0.3, -0.25) is 9.59 Å². The van der Waals surface area contributed by atoms with Crippen molar-refractivity contribution in [2.45, 2.75) is 50.0 Å². The average Bonchev–Trinajstić information content (AvgIpc) is 2.66. The number of thioether (sulfide) groups is 1. The largest absolute Gasteiger partial charge is 0.340 e. The molecule has 2 amide bonds. The summed E-state index contributed by atoms with van der Waals surface area (Å²) in [6, 6.07) is 8.70. The van der Waals surface area contributed by atoms with E-state index in [-0.39, 0.29) is 23.3 Å². The second-order valence-electron chi connectivity index (χ2n) is 8.46. The van der Waals surface area contributed by atoms with Crippen LogP contribution in [0.15, 0.2) is 29.2 Å². The van der Waals surface area contributed by atoms with Gasteiger partial charge in [0.25, 0.3) is 0 Å². The molecule has 148 valence electrons. The molecule has 2 aliphatic rings. The molecule has 5 nitrogen and oxygen atoms in total. The fraction of sp³-hybridized carbons (Fsp3) is 0.619. The van der Waals surface area contributed by atoms with Gasteiger partial charge in [-0.05, 0) is 36.0 Å². The topological polar surface area (TPSA) is 52.7 Å². The van der Waals surface area contributed by atoms with Crippen LogP contribution in [0, 0.1) is 0 Å². The second-order valence-corrected chi connectivity index (χ2v) is 9.51. The van der Waals surface area contributed by atoms with E-state index in [0.29, 0.717) is 18.8 Å². The molecule has 1 N–H and O–H groups in total. The number of benzene rings is 1. The Hall–Kier alpha value is -1.53. The molecule has 27 heavy (non-hydrogen) atoms. The minimum absolute atomic E-state index is 0.142. The third-order valence-corrected chi connectivity index (χ3v) is 6.40. The van der Waals surface area contributed by atoms with Gasteiger partial charge in [-0.2, -0.15) is 0 Å². The van der Waals surface area contributed by atoms with Gasteiger partial charge < -0.3 is 15.1 Å².